The molecular weight excluding hydrogens is 254 g/mol. The van der Waals surface area contributed by atoms with Crippen LogP contribution in [0.4, 0.5) is 0 Å². The van der Waals surface area contributed by atoms with Gasteiger partial charge >= 0.3 is 0 Å². The van der Waals surface area contributed by atoms with Crippen LogP contribution >= 0.6 is 0 Å². The molecule has 1 aliphatic heterocycles. The molecule has 4 heteroatoms. The fourth-order valence-corrected chi connectivity index (χ4v) is 2.17. The first-order chi connectivity index (χ1) is 9.79. The minimum atomic E-state index is 0.0654. The second-order valence-electron chi connectivity index (χ2n) is 5.07. The van der Waals surface area contributed by atoms with E-state index in [9.17, 15) is 4.79 Å². The van der Waals surface area contributed by atoms with Crippen LogP contribution in [-0.2, 0) is 11.2 Å². The van der Waals surface area contributed by atoms with E-state index < -0.39 is 0 Å². The molecule has 0 atom stereocenters. The molecule has 1 amide bonds. The van der Waals surface area contributed by atoms with Crippen LogP contribution < -0.4 is 14.8 Å². The number of hydrogen-bond donors (Lipinski definition) is 1. The van der Waals surface area contributed by atoms with Gasteiger partial charge in [0.2, 0.25) is 5.91 Å². The summed E-state index contributed by atoms with van der Waals surface area (Å²) in [5.74, 6) is 1.59. The first-order valence-electron chi connectivity index (χ1n) is 7.45. The Morgan fingerprint density at radius 3 is 2.80 bits per heavy atom. The minimum Gasteiger partial charge on any atom is -0.490 e. The third kappa shape index (κ3) is 4.44. The molecule has 1 heterocycles. The Balaban J connectivity index is 1.86. The Kier molecular flexibility index (Phi) is 5.71. The first kappa shape index (κ1) is 14.7. The van der Waals surface area contributed by atoms with E-state index in [1.807, 2.05) is 18.2 Å². The minimum absolute atomic E-state index is 0.0654. The van der Waals surface area contributed by atoms with Crippen LogP contribution in [0.3, 0.4) is 0 Å². The normalized spacial score (nSPS) is 13.7. The van der Waals surface area contributed by atoms with Crippen LogP contribution in [0.25, 0.3) is 0 Å². The molecule has 4 nitrogen and oxygen atoms in total. The van der Waals surface area contributed by atoms with Crippen LogP contribution in [0.5, 0.6) is 11.5 Å². The van der Waals surface area contributed by atoms with Gasteiger partial charge in [-0.25, -0.2) is 0 Å². The molecule has 20 heavy (non-hydrogen) atoms. The molecule has 0 aliphatic carbocycles. The van der Waals surface area contributed by atoms with Crippen molar-refractivity contribution in [2.45, 2.75) is 39.0 Å². The Morgan fingerprint density at radius 2 is 2.00 bits per heavy atom. The summed E-state index contributed by atoms with van der Waals surface area (Å²) in [6.45, 7) is 4.26. The topological polar surface area (TPSA) is 47.6 Å². The van der Waals surface area contributed by atoms with E-state index in [0.29, 0.717) is 19.6 Å². The average molecular weight is 277 g/mol. The van der Waals surface area contributed by atoms with E-state index in [0.717, 1.165) is 49.3 Å². The third-order valence-corrected chi connectivity index (χ3v) is 3.28. The number of ether oxygens (including phenoxy) is 2. The zero-order chi connectivity index (χ0) is 14.2. The standard InChI is InChI=1S/C16H23NO3/c1-2-3-4-8-17-16(18)12-13-6-7-14-15(11-13)20-10-5-9-19-14/h6-7,11H,2-5,8-10,12H2,1H3,(H,17,18). The summed E-state index contributed by atoms with van der Waals surface area (Å²) in [6, 6.07) is 5.73. The maximum atomic E-state index is 11.8. The Hall–Kier alpha value is -1.71. The predicted octanol–water partition coefficient (Wildman–Crippen LogP) is 2.70. The maximum absolute atomic E-state index is 11.8. The second kappa shape index (κ2) is 7.78. The monoisotopic (exact) mass is 277 g/mol. The SMILES string of the molecule is CCCCCNC(=O)Cc1ccc2c(c1)OCCCO2. The summed E-state index contributed by atoms with van der Waals surface area (Å²) in [6.07, 6.45) is 4.65. The average Bonchev–Trinajstić information content (AvgIpc) is 2.68. The molecule has 0 unspecified atom stereocenters. The van der Waals surface area contributed by atoms with E-state index in [2.05, 4.69) is 12.2 Å². The molecule has 0 saturated heterocycles. The number of nitrogens with one attached hydrogen (secondary N) is 1. The van der Waals surface area contributed by atoms with Crippen LogP contribution in [0.2, 0.25) is 0 Å². The number of fused-ring (bicyclic) bond motifs is 1. The molecule has 1 N–H and O–H groups in total. The number of benzene rings is 1. The van der Waals surface area contributed by atoms with Gasteiger partial charge in [0.15, 0.2) is 11.5 Å². The summed E-state index contributed by atoms with van der Waals surface area (Å²) < 4.78 is 11.2. The van der Waals surface area contributed by atoms with Crippen LogP contribution in [-0.4, -0.2) is 25.7 Å². The molecule has 0 saturated carbocycles. The molecule has 0 radical (unpaired) electrons. The Bertz CT molecular complexity index is 445. The lowest BCUT2D eigenvalue weighted by Crippen LogP contribution is -2.26. The highest BCUT2D eigenvalue weighted by Gasteiger charge is 2.12. The van der Waals surface area contributed by atoms with E-state index in [1.165, 1.54) is 0 Å². The lowest BCUT2D eigenvalue weighted by Gasteiger charge is -2.09. The molecule has 1 aromatic rings. The van der Waals surface area contributed by atoms with Crippen molar-refractivity contribution in [1.29, 1.82) is 0 Å². The summed E-state index contributed by atoms with van der Waals surface area (Å²) in [7, 11) is 0. The smallest absolute Gasteiger partial charge is 0.224 e. The fraction of sp³-hybridized carbons (Fsp3) is 0.562. The molecular formula is C16H23NO3. The van der Waals surface area contributed by atoms with Gasteiger partial charge in [0, 0.05) is 13.0 Å². The van der Waals surface area contributed by atoms with Crippen molar-refractivity contribution in [3.8, 4) is 11.5 Å². The first-order valence-corrected chi connectivity index (χ1v) is 7.45. The zero-order valence-corrected chi connectivity index (χ0v) is 12.1. The number of carbonyl (C=O) groups is 1. The maximum Gasteiger partial charge on any atom is 0.224 e. The van der Waals surface area contributed by atoms with Gasteiger partial charge in [0.25, 0.3) is 0 Å². The second-order valence-corrected chi connectivity index (χ2v) is 5.07. The van der Waals surface area contributed by atoms with E-state index in [-0.39, 0.29) is 5.91 Å². The van der Waals surface area contributed by atoms with Gasteiger partial charge in [-0.1, -0.05) is 25.8 Å². The number of carbonyl (C=O) groups excluding carboxylic acids is 1. The summed E-state index contributed by atoms with van der Waals surface area (Å²) in [5, 5.41) is 2.95. The zero-order valence-electron chi connectivity index (χ0n) is 12.1. The van der Waals surface area contributed by atoms with Crippen molar-refractivity contribution in [3.63, 3.8) is 0 Å². The highest BCUT2D eigenvalue weighted by molar-refractivity contribution is 5.78. The molecule has 0 bridgehead atoms. The number of hydrogen-bond acceptors (Lipinski definition) is 3. The van der Waals surface area contributed by atoms with Crippen molar-refractivity contribution in [2.24, 2.45) is 0 Å². The molecule has 0 spiro atoms. The van der Waals surface area contributed by atoms with Gasteiger partial charge < -0.3 is 14.8 Å². The molecule has 110 valence electrons. The summed E-state index contributed by atoms with van der Waals surface area (Å²) in [4.78, 5) is 11.8. The largest absolute Gasteiger partial charge is 0.490 e. The van der Waals surface area contributed by atoms with Crippen LogP contribution in [0, 0.1) is 0 Å². The highest BCUT2D eigenvalue weighted by atomic mass is 16.5. The van der Waals surface area contributed by atoms with Gasteiger partial charge in [-0.05, 0) is 24.1 Å². The summed E-state index contributed by atoms with van der Waals surface area (Å²) in [5.41, 5.74) is 0.960. The van der Waals surface area contributed by atoms with Gasteiger partial charge in [0.1, 0.15) is 0 Å². The van der Waals surface area contributed by atoms with Crippen LogP contribution in [0.1, 0.15) is 38.2 Å². The summed E-state index contributed by atoms with van der Waals surface area (Å²) >= 11 is 0. The van der Waals surface area contributed by atoms with E-state index >= 15 is 0 Å². The van der Waals surface area contributed by atoms with E-state index in [1.54, 1.807) is 0 Å². The molecule has 0 fully saturated rings. The van der Waals surface area contributed by atoms with Gasteiger partial charge in [-0.2, -0.15) is 0 Å². The number of unbranched alkanes of at least 4 members (excludes halogenated alkanes) is 2. The van der Waals surface area contributed by atoms with Gasteiger partial charge in [-0.15, -0.1) is 0 Å². The number of rotatable bonds is 6. The Labute approximate surface area is 120 Å². The molecule has 1 aliphatic rings. The van der Waals surface area contributed by atoms with Crippen LogP contribution in [0.15, 0.2) is 18.2 Å². The molecule has 1 aromatic carbocycles. The van der Waals surface area contributed by atoms with Gasteiger partial charge in [0.05, 0.1) is 19.6 Å². The fourth-order valence-electron chi connectivity index (χ4n) is 2.17. The Morgan fingerprint density at radius 1 is 1.20 bits per heavy atom. The lowest BCUT2D eigenvalue weighted by molar-refractivity contribution is -0.120. The van der Waals surface area contributed by atoms with Crippen molar-refractivity contribution in [1.82, 2.24) is 5.32 Å². The molecule has 2 rings (SSSR count). The van der Waals surface area contributed by atoms with Crippen molar-refractivity contribution in [3.05, 3.63) is 23.8 Å². The van der Waals surface area contributed by atoms with Crippen molar-refractivity contribution >= 4 is 5.91 Å². The number of amides is 1. The van der Waals surface area contributed by atoms with Crippen molar-refractivity contribution < 1.29 is 14.3 Å². The lowest BCUT2D eigenvalue weighted by atomic mass is 10.1. The third-order valence-electron chi connectivity index (χ3n) is 3.28. The van der Waals surface area contributed by atoms with Gasteiger partial charge in [-0.3, -0.25) is 4.79 Å². The predicted molar refractivity (Wildman–Crippen MR) is 78.3 cm³/mol. The van der Waals surface area contributed by atoms with E-state index in [4.69, 9.17) is 9.47 Å². The quantitative estimate of drug-likeness (QED) is 0.813. The molecule has 0 aromatic heterocycles. The van der Waals surface area contributed by atoms with Crippen molar-refractivity contribution in [2.75, 3.05) is 19.8 Å². The highest BCUT2D eigenvalue weighted by Crippen LogP contribution is 2.30.